The van der Waals surface area contributed by atoms with Crippen molar-refractivity contribution in [2.75, 3.05) is 0 Å². The molecule has 4 aromatic rings. The van der Waals surface area contributed by atoms with Crippen LogP contribution >= 0.6 is 22.9 Å². The molecule has 0 bridgehead atoms. The maximum atomic E-state index is 13.4. The first-order valence-corrected chi connectivity index (χ1v) is 14.0. The highest BCUT2D eigenvalue weighted by Gasteiger charge is 2.51. The number of alkyl halides is 3. The third kappa shape index (κ3) is 4.98. The Hall–Kier alpha value is -2.57. The van der Waals surface area contributed by atoms with E-state index >= 15 is 0 Å². The van der Waals surface area contributed by atoms with Crippen LogP contribution in [0.4, 0.5) is 13.2 Å². The molecule has 1 aromatic carbocycles. The van der Waals surface area contributed by atoms with Crippen molar-refractivity contribution in [3.05, 3.63) is 82.0 Å². The van der Waals surface area contributed by atoms with Gasteiger partial charge in [0.05, 0.1) is 21.7 Å². The molecule has 6 nitrogen and oxygen atoms in total. The molecular weight excluding hydrogens is 547 g/mol. The van der Waals surface area contributed by atoms with Crippen LogP contribution < -0.4 is 4.72 Å². The molecule has 1 aliphatic rings. The molecule has 0 amide bonds. The summed E-state index contributed by atoms with van der Waals surface area (Å²) < 4.78 is 69.5. The van der Waals surface area contributed by atoms with Crippen LogP contribution in [0.15, 0.2) is 60.9 Å². The molecule has 1 fully saturated rings. The van der Waals surface area contributed by atoms with E-state index in [9.17, 15) is 26.7 Å². The van der Waals surface area contributed by atoms with Gasteiger partial charge in [-0.15, -0.1) is 11.3 Å². The van der Waals surface area contributed by atoms with Crippen LogP contribution in [-0.2, 0) is 15.6 Å². The van der Waals surface area contributed by atoms with Gasteiger partial charge in [-0.3, -0.25) is 9.97 Å². The molecule has 0 spiro atoms. The van der Waals surface area contributed by atoms with Crippen molar-refractivity contribution in [3.63, 3.8) is 0 Å². The Bertz CT molecular complexity index is 1580. The van der Waals surface area contributed by atoms with E-state index in [0.29, 0.717) is 51.0 Å². The fourth-order valence-corrected chi connectivity index (χ4v) is 7.03. The zero-order chi connectivity index (χ0) is 26.6. The summed E-state index contributed by atoms with van der Waals surface area (Å²) in [7, 11) is -3.60. The highest BCUT2D eigenvalue weighted by atomic mass is 35.5. The van der Waals surface area contributed by atoms with Crippen LogP contribution in [0, 0.1) is 0 Å². The standard InChI is InChI=1S/C25H21ClF3N3O3S2/c1-24(33,25(27,28)29)15-9-11-30-19(13-15)22-23-14(8-10-31-22)12-20(36-23)21(17-4-2-3-5-18(17)26)32-37(34,35)16-6-7-16/h2-5,8-13,16,21,32-33H,6-7H2,1H3/t21-,24?/m1/s1. The summed E-state index contributed by atoms with van der Waals surface area (Å²) in [4.78, 5) is 9.20. The van der Waals surface area contributed by atoms with Crippen LogP contribution in [0.5, 0.6) is 0 Å². The lowest BCUT2D eigenvalue weighted by molar-refractivity contribution is -0.258. The molecule has 12 heteroatoms. The normalized spacial score (nSPS) is 17.0. The summed E-state index contributed by atoms with van der Waals surface area (Å²) in [5, 5.41) is 10.8. The molecule has 3 heterocycles. The Balaban J connectivity index is 1.62. The van der Waals surface area contributed by atoms with Gasteiger partial charge in [0, 0.05) is 22.3 Å². The lowest BCUT2D eigenvalue weighted by Gasteiger charge is -2.26. The second-order valence-corrected chi connectivity index (χ2v) is 12.5. The number of halogens is 4. The van der Waals surface area contributed by atoms with Gasteiger partial charge in [-0.05, 0) is 66.6 Å². The monoisotopic (exact) mass is 567 g/mol. The van der Waals surface area contributed by atoms with E-state index in [1.54, 1.807) is 30.3 Å². The summed E-state index contributed by atoms with van der Waals surface area (Å²) in [5.74, 6) is 0. The van der Waals surface area contributed by atoms with E-state index in [1.807, 2.05) is 6.07 Å². The Morgan fingerprint density at radius 2 is 1.81 bits per heavy atom. The van der Waals surface area contributed by atoms with Gasteiger partial charge in [0.1, 0.15) is 5.69 Å². The van der Waals surface area contributed by atoms with Crippen LogP contribution in [-0.4, -0.2) is 34.9 Å². The molecule has 0 radical (unpaired) electrons. The second kappa shape index (κ2) is 9.32. The quantitative estimate of drug-likeness (QED) is 0.288. The number of benzene rings is 1. The van der Waals surface area contributed by atoms with Crippen molar-refractivity contribution >= 4 is 43.0 Å². The molecular formula is C25H21ClF3N3O3S2. The van der Waals surface area contributed by atoms with Crippen molar-refractivity contribution in [2.45, 2.75) is 42.8 Å². The van der Waals surface area contributed by atoms with E-state index in [2.05, 4.69) is 14.7 Å². The highest BCUT2D eigenvalue weighted by Crippen LogP contribution is 2.42. The van der Waals surface area contributed by atoms with Gasteiger partial charge in [0.2, 0.25) is 10.0 Å². The number of pyridine rings is 2. The number of rotatable bonds is 7. The van der Waals surface area contributed by atoms with Crippen LogP contribution in [0.2, 0.25) is 5.02 Å². The minimum Gasteiger partial charge on any atom is -0.376 e. The SMILES string of the molecule is CC(O)(c1ccnc(-c2nccc3cc([C@H](NS(=O)(=O)C4CC4)c4ccccc4Cl)sc23)c1)C(F)(F)F. The number of nitrogens with zero attached hydrogens (tertiary/aromatic N) is 2. The summed E-state index contributed by atoms with van der Waals surface area (Å²) in [6.45, 7) is 0.684. The molecule has 3 aromatic heterocycles. The molecule has 2 N–H and O–H groups in total. The van der Waals surface area contributed by atoms with Gasteiger partial charge in [-0.1, -0.05) is 29.8 Å². The smallest absolute Gasteiger partial charge is 0.376 e. The third-order valence-electron chi connectivity index (χ3n) is 6.32. The first-order valence-electron chi connectivity index (χ1n) is 11.3. The van der Waals surface area contributed by atoms with Crippen LogP contribution in [0.25, 0.3) is 21.5 Å². The number of hydrogen-bond donors (Lipinski definition) is 2. The maximum absolute atomic E-state index is 13.4. The van der Waals surface area contributed by atoms with Crippen molar-refractivity contribution < 1.29 is 26.7 Å². The van der Waals surface area contributed by atoms with E-state index in [0.717, 1.165) is 12.1 Å². The minimum atomic E-state index is -4.89. The molecule has 0 aliphatic heterocycles. The second-order valence-electron chi connectivity index (χ2n) is 9.04. The van der Waals surface area contributed by atoms with Gasteiger partial charge in [-0.2, -0.15) is 13.2 Å². The number of hydrogen-bond acceptors (Lipinski definition) is 6. The van der Waals surface area contributed by atoms with Crippen molar-refractivity contribution in [3.8, 4) is 11.4 Å². The number of aliphatic hydroxyl groups is 1. The largest absolute Gasteiger partial charge is 0.421 e. The molecule has 1 aliphatic carbocycles. The van der Waals surface area contributed by atoms with Crippen molar-refractivity contribution in [1.29, 1.82) is 0 Å². The predicted molar refractivity (Wildman–Crippen MR) is 137 cm³/mol. The molecule has 5 rings (SSSR count). The van der Waals surface area contributed by atoms with Gasteiger partial charge >= 0.3 is 6.18 Å². The van der Waals surface area contributed by atoms with E-state index in [1.165, 1.54) is 23.7 Å². The Morgan fingerprint density at radius 3 is 2.49 bits per heavy atom. The fraction of sp³-hybridized carbons (Fsp3) is 0.280. The van der Waals surface area contributed by atoms with Gasteiger partial charge in [0.25, 0.3) is 0 Å². The Morgan fingerprint density at radius 1 is 1.11 bits per heavy atom. The molecule has 37 heavy (non-hydrogen) atoms. The number of thiophene rings is 1. The summed E-state index contributed by atoms with van der Waals surface area (Å²) in [5.41, 5.74) is -2.40. The average molecular weight is 568 g/mol. The number of nitrogens with one attached hydrogen (secondary N) is 1. The van der Waals surface area contributed by atoms with Gasteiger partial charge < -0.3 is 5.11 Å². The molecule has 0 saturated heterocycles. The third-order valence-corrected chi connectivity index (χ3v) is 9.80. The van der Waals surface area contributed by atoms with E-state index in [4.69, 9.17) is 11.6 Å². The van der Waals surface area contributed by atoms with E-state index < -0.39 is 33.1 Å². The Kier molecular flexibility index (Phi) is 6.56. The first-order chi connectivity index (χ1) is 17.4. The zero-order valence-electron chi connectivity index (χ0n) is 19.3. The zero-order valence-corrected chi connectivity index (χ0v) is 21.7. The van der Waals surface area contributed by atoms with Crippen molar-refractivity contribution in [2.24, 2.45) is 0 Å². The first kappa shape index (κ1) is 26.1. The summed E-state index contributed by atoms with van der Waals surface area (Å²) in [6.07, 6.45) is -1.01. The minimum absolute atomic E-state index is 0.147. The molecule has 2 atom stereocenters. The fourth-order valence-electron chi connectivity index (χ4n) is 3.96. The number of fused-ring (bicyclic) bond motifs is 1. The lowest BCUT2D eigenvalue weighted by atomic mass is 9.95. The highest BCUT2D eigenvalue weighted by molar-refractivity contribution is 7.90. The molecule has 194 valence electrons. The molecule has 1 unspecified atom stereocenters. The predicted octanol–water partition coefficient (Wildman–Crippen LogP) is 5.95. The number of sulfonamides is 1. The average Bonchev–Trinajstić information content (AvgIpc) is 3.62. The van der Waals surface area contributed by atoms with Gasteiger partial charge in [0.15, 0.2) is 5.60 Å². The number of aromatic nitrogens is 2. The summed E-state index contributed by atoms with van der Waals surface area (Å²) >= 11 is 7.70. The van der Waals surface area contributed by atoms with E-state index in [-0.39, 0.29) is 11.3 Å². The topological polar surface area (TPSA) is 92.2 Å². The van der Waals surface area contributed by atoms with Crippen molar-refractivity contribution in [1.82, 2.24) is 14.7 Å². The van der Waals surface area contributed by atoms with Crippen LogP contribution in [0.1, 0.15) is 41.8 Å². The van der Waals surface area contributed by atoms with Crippen LogP contribution in [0.3, 0.4) is 0 Å². The maximum Gasteiger partial charge on any atom is 0.421 e. The lowest BCUT2D eigenvalue weighted by Crippen LogP contribution is -2.39. The summed E-state index contributed by atoms with van der Waals surface area (Å²) in [6, 6.07) is 12.0. The Labute approximate surface area is 220 Å². The molecule has 1 saturated carbocycles. The van der Waals surface area contributed by atoms with Gasteiger partial charge in [-0.25, -0.2) is 13.1 Å².